The summed E-state index contributed by atoms with van der Waals surface area (Å²) in [7, 11) is -1.27. The van der Waals surface area contributed by atoms with Crippen LogP contribution in [0.4, 0.5) is 0 Å². The van der Waals surface area contributed by atoms with Crippen molar-refractivity contribution in [1.29, 1.82) is 0 Å². The monoisotopic (exact) mass is 176 g/mol. The standard InChI is InChI=1S/C4H5BO2Se/c6-5(7)4-1-2-8-3-4/h1-3,6-7H. The molecule has 0 unspecified atom stereocenters. The molecule has 0 spiro atoms. The van der Waals surface area contributed by atoms with E-state index in [1.54, 1.807) is 6.07 Å². The number of rotatable bonds is 1. The van der Waals surface area contributed by atoms with Crippen molar-refractivity contribution in [1.82, 2.24) is 0 Å². The molecule has 0 amide bonds. The summed E-state index contributed by atoms with van der Waals surface area (Å²) >= 11 is 0.360. The molecule has 0 bridgehead atoms. The van der Waals surface area contributed by atoms with Crippen LogP contribution in [0.3, 0.4) is 0 Å². The first kappa shape index (κ1) is 6.11. The Balaban J connectivity index is 2.77. The van der Waals surface area contributed by atoms with Gasteiger partial charge in [-0.25, -0.2) is 0 Å². The van der Waals surface area contributed by atoms with Crippen molar-refractivity contribution >= 4 is 27.1 Å². The van der Waals surface area contributed by atoms with Crippen LogP contribution in [-0.4, -0.2) is 31.7 Å². The Labute approximate surface area is 53.7 Å². The van der Waals surface area contributed by atoms with Gasteiger partial charge in [-0.15, -0.1) is 0 Å². The number of hydrogen-bond acceptors (Lipinski definition) is 2. The van der Waals surface area contributed by atoms with Crippen molar-refractivity contribution in [2.75, 3.05) is 0 Å². The molecule has 1 heterocycles. The van der Waals surface area contributed by atoms with E-state index in [4.69, 9.17) is 10.0 Å². The van der Waals surface area contributed by atoms with Gasteiger partial charge >= 0.3 is 53.1 Å². The minimum atomic E-state index is -1.27. The van der Waals surface area contributed by atoms with Crippen LogP contribution in [0.5, 0.6) is 0 Å². The van der Waals surface area contributed by atoms with Gasteiger partial charge < -0.3 is 0 Å². The van der Waals surface area contributed by atoms with Gasteiger partial charge in [-0.05, 0) is 0 Å². The third kappa shape index (κ3) is 1.23. The molecule has 0 aromatic carbocycles. The van der Waals surface area contributed by atoms with Crippen LogP contribution >= 0.6 is 0 Å². The average molecular weight is 175 g/mol. The van der Waals surface area contributed by atoms with E-state index in [-0.39, 0.29) is 0 Å². The molecule has 2 nitrogen and oxygen atoms in total. The normalized spacial score (nSPS) is 9.25. The van der Waals surface area contributed by atoms with E-state index < -0.39 is 7.12 Å². The fraction of sp³-hybridized carbons (Fsp3) is 0. The Kier molecular flexibility index (Phi) is 1.92. The van der Waals surface area contributed by atoms with Gasteiger partial charge in [-0.1, -0.05) is 0 Å². The Hall–Kier alpha value is -0.0156. The number of hydrogen-bond donors (Lipinski definition) is 2. The Morgan fingerprint density at radius 2 is 2.25 bits per heavy atom. The van der Waals surface area contributed by atoms with Crippen LogP contribution in [0.2, 0.25) is 0 Å². The predicted molar refractivity (Wildman–Crippen MR) is 33.2 cm³/mol. The third-order valence-electron chi connectivity index (χ3n) is 0.841. The van der Waals surface area contributed by atoms with E-state index in [0.717, 1.165) is 0 Å². The summed E-state index contributed by atoms with van der Waals surface area (Å²) in [6, 6.07) is 1.74. The molecule has 4 heteroatoms. The first-order valence-electron chi connectivity index (χ1n) is 2.19. The molecule has 0 aliphatic carbocycles. The van der Waals surface area contributed by atoms with Crippen LogP contribution in [0.1, 0.15) is 0 Å². The van der Waals surface area contributed by atoms with Crippen molar-refractivity contribution in [3.8, 4) is 0 Å². The summed E-state index contributed by atoms with van der Waals surface area (Å²) in [5.41, 5.74) is 0.630. The molecule has 0 saturated heterocycles. The summed E-state index contributed by atoms with van der Waals surface area (Å²) in [6.07, 6.45) is 0. The second kappa shape index (κ2) is 2.51. The van der Waals surface area contributed by atoms with Crippen molar-refractivity contribution in [2.24, 2.45) is 0 Å². The zero-order valence-electron chi connectivity index (χ0n) is 4.11. The maximum absolute atomic E-state index is 8.50. The summed E-state index contributed by atoms with van der Waals surface area (Å²) < 4.78 is 0. The zero-order chi connectivity index (χ0) is 5.98. The second-order valence-corrected chi connectivity index (χ2v) is 3.07. The molecule has 0 aliphatic rings. The summed E-state index contributed by atoms with van der Waals surface area (Å²) in [5.74, 6) is 0. The molecule has 0 radical (unpaired) electrons. The summed E-state index contributed by atoms with van der Waals surface area (Å²) in [5, 5.41) is 17.0. The average Bonchev–Trinajstić information content (AvgIpc) is 2.12. The fourth-order valence-electron chi connectivity index (χ4n) is 0.422. The van der Waals surface area contributed by atoms with E-state index in [1.807, 2.05) is 9.88 Å². The van der Waals surface area contributed by atoms with Crippen LogP contribution in [0.25, 0.3) is 0 Å². The van der Waals surface area contributed by atoms with E-state index >= 15 is 0 Å². The van der Waals surface area contributed by atoms with E-state index in [1.165, 1.54) is 0 Å². The van der Waals surface area contributed by atoms with E-state index in [0.29, 0.717) is 20.0 Å². The second-order valence-electron chi connectivity index (χ2n) is 1.43. The Morgan fingerprint density at radius 3 is 2.50 bits per heavy atom. The third-order valence-corrected chi connectivity index (χ3v) is 2.31. The zero-order valence-corrected chi connectivity index (χ0v) is 5.83. The Morgan fingerprint density at radius 1 is 1.50 bits per heavy atom. The van der Waals surface area contributed by atoms with Gasteiger partial charge in [-0.2, -0.15) is 0 Å². The van der Waals surface area contributed by atoms with Gasteiger partial charge in [0.2, 0.25) is 0 Å². The molecular weight excluding hydrogens is 170 g/mol. The van der Waals surface area contributed by atoms with Gasteiger partial charge in [0.05, 0.1) is 0 Å². The maximum atomic E-state index is 8.50. The van der Waals surface area contributed by atoms with Crippen LogP contribution in [0, 0.1) is 0 Å². The quantitative estimate of drug-likeness (QED) is 0.505. The van der Waals surface area contributed by atoms with Crippen molar-refractivity contribution in [2.45, 2.75) is 0 Å². The van der Waals surface area contributed by atoms with Crippen molar-refractivity contribution in [3.63, 3.8) is 0 Å². The first-order chi connectivity index (χ1) is 3.80. The van der Waals surface area contributed by atoms with Gasteiger partial charge in [0.25, 0.3) is 0 Å². The predicted octanol–water partition coefficient (Wildman–Crippen LogP) is -1.58. The molecule has 0 saturated carbocycles. The molecule has 1 rings (SSSR count). The summed E-state index contributed by atoms with van der Waals surface area (Å²) in [6.45, 7) is 0. The van der Waals surface area contributed by atoms with E-state index in [9.17, 15) is 0 Å². The molecule has 8 heavy (non-hydrogen) atoms. The van der Waals surface area contributed by atoms with Crippen LogP contribution in [0.15, 0.2) is 15.9 Å². The topological polar surface area (TPSA) is 40.5 Å². The molecule has 0 aliphatic heterocycles. The molecule has 1 aromatic rings. The van der Waals surface area contributed by atoms with Crippen molar-refractivity contribution in [3.05, 3.63) is 15.9 Å². The van der Waals surface area contributed by atoms with Gasteiger partial charge in [0.15, 0.2) is 0 Å². The van der Waals surface area contributed by atoms with Crippen LogP contribution < -0.4 is 5.46 Å². The molecule has 42 valence electrons. The summed E-state index contributed by atoms with van der Waals surface area (Å²) in [4.78, 5) is 3.79. The minimum absolute atomic E-state index is 0.360. The molecule has 1 aromatic heterocycles. The fourth-order valence-corrected chi connectivity index (χ4v) is 1.83. The van der Waals surface area contributed by atoms with Gasteiger partial charge in [0, 0.05) is 0 Å². The molecular formula is C4H5BO2Se. The molecule has 0 fully saturated rings. The van der Waals surface area contributed by atoms with Crippen LogP contribution in [-0.2, 0) is 0 Å². The van der Waals surface area contributed by atoms with Gasteiger partial charge in [-0.3, -0.25) is 0 Å². The van der Waals surface area contributed by atoms with Gasteiger partial charge in [0.1, 0.15) is 0 Å². The SMILES string of the molecule is OB(O)c1cc[se]c1. The van der Waals surface area contributed by atoms with Crippen molar-refractivity contribution < 1.29 is 10.0 Å². The molecule has 0 atom stereocenters. The Bertz CT molecular complexity index is 149. The first-order valence-corrected chi connectivity index (χ1v) is 4.17. The van der Waals surface area contributed by atoms with E-state index in [2.05, 4.69) is 0 Å². The molecule has 2 N–H and O–H groups in total.